The van der Waals surface area contributed by atoms with Crippen LogP contribution in [0.25, 0.3) is 22.5 Å². The van der Waals surface area contributed by atoms with Gasteiger partial charge < -0.3 is 9.15 Å². The molecule has 0 fully saturated rings. The van der Waals surface area contributed by atoms with Crippen LogP contribution in [0.1, 0.15) is 23.0 Å². The van der Waals surface area contributed by atoms with Gasteiger partial charge in [0, 0.05) is 11.1 Å². The molecule has 1 aromatic heterocycles. The van der Waals surface area contributed by atoms with Crippen LogP contribution in [0.4, 0.5) is 0 Å². The lowest BCUT2D eigenvalue weighted by Gasteiger charge is -2.06. The number of carbonyl (C=O) groups is 1. The van der Waals surface area contributed by atoms with Crippen molar-refractivity contribution in [1.29, 1.82) is 0 Å². The summed E-state index contributed by atoms with van der Waals surface area (Å²) in [5.41, 5.74) is 3.09. The van der Waals surface area contributed by atoms with E-state index in [1.165, 1.54) is 0 Å². The fraction of sp³-hybridized carbons (Fsp3) is 0.150. The average molecular weight is 306 g/mol. The molecule has 0 aliphatic rings. The number of benzene rings is 2. The van der Waals surface area contributed by atoms with E-state index >= 15 is 0 Å². The molecule has 3 rings (SSSR count). The van der Waals surface area contributed by atoms with Crippen LogP contribution in [0.15, 0.2) is 65.1 Å². The maximum Gasteiger partial charge on any atom is 0.342 e. The Morgan fingerprint density at radius 2 is 1.52 bits per heavy atom. The van der Waals surface area contributed by atoms with E-state index in [1.54, 1.807) is 6.92 Å². The van der Waals surface area contributed by atoms with Crippen molar-refractivity contribution in [3.63, 3.8) is 0 Å². The third-order valence-corrected chi connectivity index (χ3v) is 3.66. The van der Waals surface area contributed by atoms with Crippen molar-refractivity contribution in [3.05, 3.63) is 72.0 Å². The minimum atomic E-state index is -0.359. The van der Waals surface area contributed by atoms with E-state index in [1.807, 2.05) is 67.6 Å². The maximum absolute atomic E-state index is 12.6. The maximum atomic E-state index is 12.6. The highest BCUT2D eigenvalue weighted by Crippen LogP contribution is 2.38. The van der Waals surface area contributed by atoms with Crippen molar-refractivity contribution < 1.29 is 13.9 Å². The Labute approximate surface area is 135 Å². The van der Waals surface area contributed by atoms with Crippen molar-refractivity contribution >= 4 is 5.97 Å². The molecule has 0 saturated heterocycles. The molecule has 3 heteroatoms. The highest BCUT2D eigenvalue weighted by molar-refractivity contribution is 6.03. The summed E-state index contributed by atoms with van der Waals surface area (Å²) in [7, 11) is 0. The van der Waals surface area contributed by atoms with Crippen molar-refractivity contribution in [2.45, 2.75) is 13.8 Å². The normalized spacial score (nSPS) is 10.5. The summed E-state index contributed by atoms with van der Waals surface area (Å²) in [5, 5.41) is 0. The van der Waals surface area contributed by atoms with Crippen LogP contribution in [0.5, 0.6) is 0 Å². The molecule has 0 saturated carbocycles. The molecule has 2 aromatic carbocycles. The van der Waals surface area contributed by atoms with Gasteiger partial charge in [0.05, 0.1) is 6.61 Å². The first-order valence-electron chi connectivity index (χ1n) is 7.63. The van der Waals surface area contributed by atoms with E-state index in [-0.39, 0.29) is 5.97 Å². The number of esters is 1. The minimum absolute atomic E-state index is 0.325. The zero-order chi connectivity index (χ0) is 16.2. The summed E-state index contributed by atoms with van der Waals surface area (Å²) in [6.45, 7) is 4.00. The van der Waals surface area contributed by atoms with E-state index in [4.69, 9.17) is 9.15 Å². The molecule has 3 nitrogen and oxygen atoms in total. The predicted molar refractivity (Wildman–Crippen MR) is 90.3 cm³/mol. The Hall–Kier alpha value is -2.81. The first-order valence-corrected chi connectivity index (χ1v) is 7.63. The first-order chi connectivity index (χ1) is 11.2. The Balaban J connectivity index is 2.24. The molecule has 0 atom stereocenters. The van der Waals surface area contributed by atoms with E-state index in [0.29, 0.717) is 23.7 Å². The van der Waals surface area contributed by atoms with Gasteiger partial charge in [0.15, 0.2) is 0 Å². The Morgan fingerprint density at radius 1 is 0.957 bits per heavy atom. The van der Waals surface area contributed by atoms with Crippen molar-refractivity contribution in [3.8, 4) is 22.5 Å². The lowest BCUT2D eigenvalue weighted by molar-refractivity contribution is 0.0527. The summed E-state index contributed by atoms with van der Waals surface area (Å²) in [5.74, 6) is 0.903. The number of rotatable bonds is 4. The molecule has 1 heterocycles. The van der Waals surface area contributed by atoms with E-state index in [2.05, 4.69) is 0 Å². The Morgan fingerprint density at radius 3 is 2.09 bits per heavy atom. The molecule has 0 radical (unpaired) electrons. The quantitative estimate of drug-likeness (QED) is 0.630. The molecule has 23 heavy (non-hydrogen) atoms. The topological polar surface area (TPSA) is 39.4 Å². The van der Waals surface area contributed by atoms with E-state index in [0.717, 1.165) is 16.7 Å². The van der Waals surface area contributed by atoms with Crippen LogP contribution in [0.2, 0.25) is 0 Å². The van der Waals surface area contributed by atoms with Gasteiger partial charge in [0.25, 0.3) is 0 Å². The number of hydrogen-bond donors (Lipinski definition) is 0. The molecule has 116 valence electrons. The highest BCUT2D eigenvalue weighted by Gasteiger charge is 2.26. The largest absolute Gasteiger partial charge is 0.462 e. The van der Waals surface area contributed by atoms with Crippen molar-refractivity contribution in [1.82, 2.24) is 0 Å². The summed E-state index contributed by atoms with van der Waals surface area (Å²) in [4.78, 5) is 12.6. The molecule has 0 unspecified atom stereocenters. The standard InChI is InChI=1S/C20H18O3/c1-3-22-20(21)18-17(15-10-6-4-7-11-15)14(2)23-19(18)16-12-8-5-9-13-16/h4-13H,3H2,1-2H3. The van der Waals surface area contributed by atoms with Gasteiger partial charge in [-0.15, -0.1) is 0 Å². The number of ether oxygens (including phenoxy) is 1. The zero-order valence-corrected chi connectivity index (χ0v) is 13.2. The lowest BCUT2D eigenvalue weighted by Crippen LogP contribution is -2.06. The molecular weight excluding hydrogens is 288 g/mol. The number of carbonyl (C=O) groups excluding carboxylic acids is 1. The van der Waals surface area contributed by atoms with Gasteiger partial charge in [0.1, 0.15) is 17.1 Å². The fourth-order valence-electron chi connectivity index (χ4n) is 2.69. The molecule has 0 aliphatic heterocycles. The highest BCUT2D eigenvalue weighted by atomic mass is 16.5. The summed E-state index contributed by atoms with van der Waals surface area (Å²) < 4.78 is 11.2. The SMILES string of the molecule is CCOC(=O)c1c(-c2ccccc2)oc(C)c1-c1ccccc1. The molecule has 0 aliphatic carbocycles. The van der Waals surface area contributed by atoms with E-state index < -0.39 is 0 Å². The van der Waals surface area contributed by atoms with Crippen LogP contribution in [0, 0.1) is 6.92 Å². The summed E-state index contributed by atoms with van der Waals surface area (Å²) in [6.07, 6.45) is 0. The van der Waals surface area contributed by atoms with Gasteiger partial charge in [0.2, 0.25) is 0 Å². The third kappa shape index (κ3) is 2.90. The molecule has 3 aromatic rings. The van der Waals surface area contributed by atoms with Gasteiger partial charge in [-0.1, -0.05) is 60.7 Å². The Bertz CT molecular complexity index is 802. The molecule has 0 amide bonds. The van der Waals surface area contributed by atoms with E-state index in [9.17, 15) is 4.79 Å². The smallest absolute Gasteiger partial charge is 0.342 e. The second-order valence-electron chi connectivity index (χ2n) is 5.19. The van der Waals surface area contributed by atoms with Gasteiger partial charge in [-0.25, -0.2) is 4.79 Å². The Kier molecular flexibility index (Phi) is 4.29. The van der Waals surface area contributed by atoms with Gasteiger partial charge >= 0.3 is 5.97 Å². The third-order valence-electron chi connectivity index (χ3n) is 3.66. The minimum Gasteiger partial charge on any atom is -0.462 e. The van der Waals surface area contributed by atoms with Gasteiger partial charge in [-0.05, 0) is 19.4 Å². The predicted octanol–water partition coefficient (Wildman–Crippen LogP) is 5.10. The molecule has 0 bridgehead atoms. The lowest BCUT2D eigenvalue weighted by atomic mass is 9.98. The number of furan rings is 1. The first kappa shape index (κ1) is 15.1. The van der Waals surface area contributed by atoms with Crippen LogP contribution < -0.4 is 0 Å². The second kappa shape index (κ2) is 6.53. The summed E-state index contributed by atoms with van der Waals surface area (Å²) >= 11 is 0. The fourth-order valence-corrected chi connectivity index (χ4v) is 2.69. The van der Waals surface area contributed by atoms with Crippen LogP contribution in [-0.4, -0.2) is 12.6 Å². The molecular formula is C20H18O3. The average Bonchev–Trinajstić information content (AvgIpc) is 2.94. The van der Waals surface area contributed by atoms with Crippen molar-refractivity contribution in [2.75, 3.05) is 6.61 Å². The number of aryl methyl sites for hydroxylation is 1. The second-order valence-corrected chi connectivity index (χ2v) is 5.19. The van der Waals surface area contributed by atoms with Gasteiger partial charge in [-0.3, -0.25) is 0 Å². The van der Waals surface area contributed by atoms with Crippen LogP contribution in [-0.2, 0) is 4.74 Å². The van der Waals surface area contributed by atoms with Crippen molar-refractivity contribution in [2.24, 2.45) is 0 Å². The van der Waals surface area contributed by atoms with Crippen LogP contribution >= 0.6 is 0 Å². The summed E-state index contributed by atoms with van der Waals surface area (Å²) in [6, 6.07) is 19.4. The molecule has 0 N–H and O–H groups in total. The zero-order valence-electron chi connectivity index (χ0n) is 13.2. The monoisotopic (exact) mass is 306 g/mol. The van der Waals surface area contributed by atoms with Gasteiger partial charge in [-0.2, -0.15) is 0 Å². The number of hydrogen-bond acceptors (Lipinski definition) is 3. The van der Waals surface area contributed by atoms with Crippen LogP contribution in [0.3, 0.4) is 0 Å². The molecule has 0 spiro atoms.